The maximum absolute atomic E-state index is 12.9. The molecule has 2 rings (SSSR count). The molecule has 0 aliphatic rings. The Balaban J connectivity index is 2.15. The Labute approximate surface area is 180 Å². The van der Waals surface area contributed by atoms with Crippen molar-refractivity contribution >= 4 is 35.1 Å². The fourth-order valence-corrected chi connectivity index (χ4v) is 2.93. The lowest BCUT2D eigenvalue weighted by Crippen LogP contribution is -2.30. The molecule has 2 aromatic rings. The number of carbonyl (C=O) groups excluding carboxylic acids is 3. The molecule has 0 saturated carbocycles. The van der Waals surface area contributed by atoms with Gasteiger partial charge < -0.3 is 19.8 Å². The van der Waals surface area contributed by atoms with Crippen LogP contribution in [-0.2, 0) is 20.4 Å². The summed E-state index contributed by atoms with van der Waals surface area (Å²) in [6, 6.07) is 2.45. The Hall–Kier alpha value is -3.01. The molecule has 0 aliphatic carbocycles. The summed E-state index contributed by atoms with van der Waals surface area (Å²) in [6.45, 7) is 6.12. The van der Waals surface area contributed by atoms with E-state index in [1.807, 2.05) is 0 Å². The number of aryl methyl sites for hydroxylation is 1. The smallest absolute Gasteiger partial charge is 0.416 e. The minimum atomic E-state index is -4.62. The summed E-state index contributed by atoms with van der Waals surface area (Å²) >= 11 is 5.85. The van der Waals surface area contributed by atoms with E-state index in [9.17, 15) is 27.6 Å². The third-order valence-electron chi connectivity index (χ3n) is 4.33. The highest BCUT2D eigenvalue weighted by atomic mass is 35.5. The fraction of sp³-hybridized carbons (Fsp3) is 0.350. The number of nitrogens with one attached hydrogen (secondary N) is 2. The molecule has 0 fully saturated rings. The summed E-state index contributed by atoms with van der Waals surface area (Å²) in [7, 11) is 0. The number of H-pyrrole nitrogens is 1. The number of hydrogen-bond acceptors (Lipinski definition) is 5. The third kappa shape index (κ3) is 5.57. The zero-order valence-corrected chi connectivity index (χ0v) is 17.8. The zero-order chi connectivity index (χ0) is 23.5. The Morgan fingerprint density at radius 3 is 2.42 bits per heavy atom. The summed E-state index contributed by atoms with van der Waals surface area (Å²) in [5, 5.41) is 2.10. The Morgan fingerprint density at radius 1 is 1.19 bits per heavy atom. The highest BCUT2D eigenvalue weighted by Gasteiger charge is 2.32. The molecule has 11 heteroatoms. The van der Waals surface area contributed by atoms with Crippen molar-refractivity contribution < 1.29 is 37.0 Å². The van der Waals surface area contributed by atoms with E-state index < -0.39 is 35.7 Å². The lowest BCUT2D eigenvalue weighted by molar-refractivity contribution is -0.137. The molecule has 168 valence electrons. The number of carbonyl (C=O) groups is 3. The van der Waals surface area contributed by atoms with Crippen LogP contribution in [0.5, 0.6) is 0 Å². The number of ether oxygens (including phenoxy) is 2. The van der Waals surface area contributed by atoms with Crippen molar-refractivity contribution in [3.05, 3.63) is 51.3 Å². The highest BCUT2D eigenvalue weighted by molar-refractivity contribution is 6.33. The lowest BCUT2D eigenvalue weighted by atomic mass is 10.1. The van der Waals surface area contributed by atoms with Gasteiger partial charge in [-0.3, -0.25) is 4.79 Å². The monoisotopic (exact) mass is 460 g/mol. The molecule has 0 aliphatic heterocycles. The summed E-state index contributed by atoms with van der Waals surface area (Å²) in [4.78, 5) is 39.6. The third-order valence-corrected chi connectivity index (χ3v) is 4.66. The van der Waals surface area contributed by atoms with Gasteiger partial charge in [-0.1, -0.05) is 11.6 Å². The van der Waals surface area contributed by atoms with Gasteiger partial charge in [-0.2, -0.15) is 13.2 Å². The fourth-order valence-electron chi connectivity index (χ4n) is 2.77. The molecule has 1 aromatic carbocycles. The zero-order valence-electron chi connectivity index (χ0n) is 17.1. The van der Waals surface area contributed by atoms with Gasteiger partial charge in [0, 0.05) is 5.69 Å². The Kier molecular flexibility index (Phi) is 7.37. The number of anilines is 1. The first kappa shape index (κ1) is 24.3. The standard InChI is InChI=1S/C20H20ClF3N2O5/c1-5-30-18(28)15-9(2)16(25-10(15)3)19(29)31-11(4)17(27)26-14-8-12(20(22,23)24)6-7-13(14)21/h6-8,11,25H,5H2,1-4H3,(H,26,27). The summed E-state index contributed by atoms with van der Waals surface area (Å²) in [5.74, 6) is -2.42. The molecule has 1 heterocycles. The van der Waals surface area contributed by atoms with Crippen molar-refractivity contribution in [3.63, 3.8) is 0 Å². The van der Waals surface area contributed by atoms with Crippen LogP contribution in [0.1, 0.15) is 51.5 Å². The van der Waals surface area contributed by atoms with Crippen LogP contribution in [-0.4, -0.2) is 35.5 Å². The normalized spacial score (nSPS) is 12.3. The average molecular weight is 461 g/mol. The summed E-state index contributed by atoms with van der Waals surface area (Å²) in [5.41, 5.74) is -0.467. The van der Waals surface area contributed by atoms with Crippen LogP contribution in [0.2, 0.25) is 5.02 Å². The van der Waals surface area contributed by atoms with E-state index in [1.54, 1.807) is 13.8 Å². The van der Waals surface area contributed by atoms with Crippen molar-refractivity contribution in [2.75, 3.05) is 11.9 Å². The van der Waals surface area contributed by atoms with Gasteiger partial charge in [0.1, 0.15) is 5.69 Å². The predicted octanol–water partition coefficient (Wildman–Crippen LogP) is 4.66. The van der Waals surface area contributed by atoms with Gasteiger partial charge in [0.25, 0.3) is 5.91 Å². The van der Waals surface area contributed by atoms with E-state index in [2.05, 4.69) is 10.3 Å². The second kappa shape index (κ2) is 9.42. The largest absolute Gasteiger partial charge is 0.462 e. The quantitative estimate of drug-likeness (QED) is 0.611. The summed E-state index contributed by atoms with van der Waals surface area (Å²) < 4.78 is 48.7. The van der Waals surface area contributed by atoms with Crippen LogP contribution in [0.25, 0.3) is 0 Å². The van der Waals surface area contributed by atoms with Crippen molar-refractivity contribution in [2.24, 2.45) is 0 Å². The van der Waals surface area contributed by atoms with E-state index in [-0.39, 0.29) is 34.1 Å². The first-order chi connectivity index (χ1) is 14.4. The second-order valence-electron chi connectivity index (χ2n) is 6.57. The van der Waals surface area contributed by atoms with Gasteiger partial charge in [0.2, 0.25) is 0 Å². The molecular formula is C20H20ClF3N2O5. The van der Waals surface area contributed by atoms with Gasteiger partial charge in [0.15, 0.2) is 6.10 Å². The van der Waals surface area contributed by atoms with Crippen molar-refractivity contribution in [2.45, 2.75) is 40.0 Å². The minimum absolute atomic E-state index is 0.0442. The van der Waals surface area contributed by atoms with Gasteiger partial charge in [-0.25, -0.2) is 9.59 Å². The van der Waals surface area contributed by atoms with Crippen molar-refractivity contribution in [1.82, 2.24) is 4.98 Å². The lowest BCUT2D eigenvalue weighted by Gasteiger charge is -2.15. The highest BCUT2D eigenvalue weighted by Crippen LogP contribution is 2.34. The topological polar surface area (TPSA) is 97.5 Å². The molecule has 2 N–H and O–H groups in total. The van der Waals surface area contributed by atoms with E-state index in [0.29, 0.717) is 11.8 Å². The van der Waals surface area contributed by atoms with Crippen LogP contribution < -0.4 is 5.32 Å². The van der Waals surface area contributed by atoms with E-state index >= 15 is 0 Å². The van der Waals surface area contributed by atoms with Crippen LogP contribution in [0.15, 0.2) is 18.2 Å². The number of amides is 1. The molecule has 0 radical (unpaired) electrons. The molecule has 1 amide bonds. The molecule has 1 aromatic heterocycles. The predicted molar refractivity (Wildman–Crippen MR) is 106 cm³/mol. The van der Waals surface area contributed by atoms with Gasteiger partial charge in [0.05, 0.1) is 28.4 Å². The number of esters is 2. The maximum Gasteiger partial charge on any atom is 0.416 e. The average Bonchev–Trinajstić information content (AvgIpc) is 2.97. The molecule has 7 nitrogen and oxygen atoms in total. The number of halogens is 4. The minimum Gasteiger partial charge on any atom is -0.462 e. The van der Waals surface area contributed by atoms with Crippen LogP contribution in [0.3, 0.4) is 0 Å². The number of hydrogen-bond donors (Lipinski definition) is 2. The molecular weight excluding hydrogens is 441 g/mol. The van der Waals surface area contributed by atoms with Gasteiger partial charge >= 0.3 is 18.1 Å². The van der Waals surface area contributed by atoms with Gasteiger partial charge in [-0.15, -0.1) is 0 Å². The molecule has 31 heavy (non-hydrogen) atoms. The van der Waals surface area contributed by atoms with Crippen molar-refractivity contribution in [3.8, 4) is 0 Å². The van der Waals surface area contributed by atoms with Gasteiger partial charge in [-0.05, 0) is 51.5 Å². The van der Waals surface area contributed by atoms with E-state index in [4.69, 9.17) is 21.1 Å². The first-order valence-electron chi connectivity index (χ1n) is 9.11. The number of aromatic nitrogens is 1. The van der Waals surface area contributed by atoms with E-state index in [0.717, 1.165) is 12.1 Å². The first-order valence-corrected chi connectivity index (χ1v) is 9.49. The molecule has 0 spiro atoms. The Bertz CT molecular complexity index is 1020. The molecule has 0 saturated heterocycles. The number of aromatic amines is 1. The van der Waals surface area contributed by atoms with Crippen LogP contribution >= 0.6 is 11.6 Å². The molecule has 1 atom stereocenters. The maximum atomic E-state index is 12.9. The Morgan fingerprint density at radius 2 is 1.84 bits per heavy atom. The molecule has 1 unspecified atom stereocenters. The number of alkyl halides is 3. The van der Waals surface area contributed by atoms with E-state index in [1.165, 1.54) is 13.8 Å². The van der Waals surface area contributed by atoms with Crippen molar-refractivity contribution in [1.29, 1.82) is 0 Å². The number of rotatable bonds is 6. The summed E-state index contributed by atoms with van der Waals surface area (Å²) in [6.07, 6.45) is -5.99. The molecule has 0 bridgehead atoms. The van der Waals surface area contributed by atoms with Crippen LogP contribution in [0, 0.1) is 13.8 Å². The number of benzene rings is 1. The SMILES string of the molecule is CCOC(=O)c1c(C)[nH]c(C(=O)OC(C)C(=O)Nc2cc(C(F)(F)F)ccc2Cl)c1C. The van der Waals surface area contributed by atoms with Crippen LogP contribution in [0.4, 0.5) is 18.9 Å². The second-order valence-corrected chi connectivity index (χ2v) is 6.98.